The molecule has 1 saturated heterocycles. The van der Waals surface area contributed by atoms with Gasteiger partial charge in [0.05, 0.1) is 18.3 Å². The summed E-state index contributed by atoms with van der Waals surface area (Å²) in [5.41, 5.74) is -0.512. The van der Waals surface area contributed by atoms with Gasteiger partial charge in [0.25, 0.3) is 8.32 Å². The van der Waals surface area contributed by atoms with Crippen LogP contribution in [-0.2, 0) is 23.4 Å². The predicted octanol–water partition coefficient (Wildman–Crippen LogP) is 5.51. The fraction of sp³-hybridized carbons (Fsp3) is 0.545. The highest BCUT2D eigenvalue weighted by Gasteiger charge is 2.53. The maximum Gasteiger partial charge on any atom is 0.330 e. The summed E-state index contributed by atoms with van der Waals surface area (Å²) in [4.78, 5) is 11.9. The van der Waals surface area contributed by atoms with E-state index >= 15 is 0 Å². The van der Waals surface area contributed by atoms with Crippen LogP contribution in [0.5, 0.6) is 0 Å². The molecule has 6 nitrogen and oxygen atoms in total. The van der Waals surface area contributed by atoms with Gasteiger partial charge in [-0.3, -0.25) is 0 Å². The smallest absolute Gasteiger partial charge is 0.330 e. The second kappa shape index (κ2) is 13.6. The molecule has 0 spiro atoms. The summed E-state index contributed by atoms with van der Waals surface area (Å²) < 4.78 is 24.9. The van der Waals surface area contributed by atoms with E-state index in [-0.39, 0.29) is 29.3 Å². The van der Waals surface area contributed by atoms with Crippen molar-refractivity contribution in [3.8, 4) is 0 Å². The molecule has 1 N–H and O–H groups in total. The van der Waals surface area contributed by atoms with Crippen LogP contribution in [0.3, 0.4) is 0 Å². The summed E-state index contributed by atoms with van der Waals surface area (Å²) >= 11 is 0. The lowest BCUT2D eigenvalue weighted by Crippen LogP contribution is -2.69. The van der Waals surface area contributed by atoms with Crippen LogP contribution in [0.25, 0.3) is 0 Å². The van der Waals surface area contributed by atoms with Gasteiger partial charge in [-0.1, -0.05) is 87.5 Å². The first-order valence-corrected chi connectivity index (χ1v) is 16.3. The number of esters is 1. The van der Waals surface area contributed by atoms with Crippen molar-refractivity contribution in [3.05, 3.63) is 72.8 Å². The first kappa shape index (κ1) is 32.2. The Morgan fingerprint density at radius 3 is 2.08 bits per heavy atom. The SMILES string of the molecule is C[C@H](CC/C=C/C(=O)OC(C)(C)C)O[C@@H]1O[C@@H](C)[C@H](O[Si](c2ccccc2)(c2ccccc2)C(C)(C)C)C[C@H]1O. The lowest BCUT2D eigenvalue weighted by atomic mass is 10.0. The summed E-state index contributed by atoms with van der Waals surface area (Å²) in [5, 5.41) is 13.3. The lowest BCUT2D eigenvalue weighted by Gasteiger charge is -2.48. The Morgan fingerprint density at radius 2 is 1.57 bits per heavy atom. The van der Waals surface area contributed by atoms with Gasteiger partial charge in [0, 0.05) is 12.5 Å². The third-order valence-electron chi connectivity index (χ3n) is 7.17. The molecular weight excluding hydrogens is 520 g/mol. The summed E-state index contributed by atoms with van der Waals surface area (Å²) in [6.45, 7) is 16.2. The third kappa shape index (κ3) is 8.36. The summed E-state index contributed by atoms with van der Waals surface area (Å²) in [7, 11) is -2.79. The van der Waals surface area contributed by atoms with E-state index in [4.69, 9.17) is 18.6 Å². The Labute approximate surface area is 241 Å². The highest BCUT2D eigenvalue weighted by molar-refractivity contribution is 6.99. The molecule has 40 heavy (non-hydrogen) atoms. The number of carbonyl (C=O) groups is 1. The molecule has 0 aromatic heterocycles. The Kier molecular flexibility index (Phi) is 10.9. The molecule has 0 saturated carbocycles. The second-order valence-electron chi connectivity index (χ2n) is 12.8. The Morgan fingerprint density at radius 1 is 1.02 bits per heavy atom. The van der Waals surface area contributed by atoms with Crippen molar-refractivity contribution in [1.82, 2.24) is 0 Å². The fourth-order valence-corrected chi connectivity index (χ4v) is 10.0. The first-order chi connectivity index (χ1) is 18.7. The molecule has 3 rings (SSSR count). The van der Waals surface area contributed by atoms with E-state index in [0.717, 1.165) is 0 Å². The van der Waals surface area contributed by atoms with E-state index in [1.165, 1.54) is 16.4 Å². The second-order valence-corrected chi connectivity index (χ2v) is 17.0. The minimum Gasteiger partial charge on any atom is -0.457 e. The highest BCUT2D eigenvalue weighted by Crippen LogP contribution is 2.39. The van der Waals surface area contributed by atoms with E-state index < -0.39 is 26.3 Å². The zero-order chi connectivity index (χ0) is 29.6. The molecule has 5 atom stereocenters. The average Bonchev–Trinajstić information content (AvgIpc) is 2.87. The number of rotatable bonds is 10. The largest absolute Gasteiger partial charge is 0.457 e. The molecule has 0 aliphatic carbocycles. The Hall–Kier alpha value is -2.29. The minimum atomic E-state index is -2.79. The van der Waals surface area contributed by atoms with Crippen molar-refractivity contribution in [2.24, 2.45) is 0 Å². The number of hydrogen-bond donors (Lipinski definition) is 1. The number of aliphatic hydroxyl groups excluding tert-OH is 1. The molecule has 1 aliphatic heterocycles. The molecule has 0 unspecified atom stereocenters. The summed E-state index contributed by atoms with van der Waals surface area (Å²) in [6.07, 6.45) is 2.72. The van der Waals surface area contributed by atoms with Crippen LogP contribution >= 0.6 is 0 Å². The predicted molar refractivity (Wildman–Crippen MR) is 162 cm³/mol. The van der Waals surface area contributed by atoms with Crippen molar-refractivity contribution in [1.29, 1.82) is 0 Å². The number of ether oxygens (including phenoxy) is 3. The van der Waals surface area contributed by atoms with E-state index in [0.29, 0.717) is 19.3 Å². The van der Waals surface area contributed by atoms with Crippen LogP contribution in [-0.4, -0.2) is 55.7 Å². The minimum absolute atomic E-state index is 0.163. The van der Waals surface area contributed by atoms with Gasteiger partial charge in [-0.25, -0.2) is 4.79 Å². The highest BCUT2D eigenvalue weighted by atomic mass is 28.4. The van der Waals surface area contributed by atoms with Crippen molar-refractivity contribution >= 4 is 24.7 Å². The van der Waals surface area contributed by atoms with Crippen LogP contribution in [0.1, 0.15) is 74.7 Å². The molecule has 0 bridgehead atoms. The monoisotopic (exact) mass is 568 g/mol. The maximum atomic E-state index is 11.9. The van der Waals surface area contributed by atoms with Crippen LogP contribution in [0.15, 0.2) is 72.8 Å². The van der Waals surface area contributed by atoms with E-state index in [9.17, 15) is 9.90 Å². The van der Waals surface area contributed by atoms with Crippen LogP contribution in [0, 0.1) is 0 Å². The fourth-order valence-electron chi connectivity index (χ4n) is 5.26. The normalized spacial score (nSPS) is 23.2. The van der Waals surface area contributed by atoms with E-state index in [1.54, 1.807) is 6.08 Å². The zero-order valence-electron chi connectivity index (χ0n) is 25.4. The van der Waals surface area contributed by atoms with Gasteiger partial charge < -0.3 is 23.7 Å². The molecule has 1 heterocycles. The summed E-state index contributed by atoms with van der Waals surface area (Å²) in [5.74, 6) is -0.354. The molecule has 2 aromatic carbocycles. The van der Waals surface area contributed by atoms with Gasteiger partial charge in [-0.2, -0.15) is 0 Å². The van der Waals surface area contributed by atoms with Crippen LogP contribution in [0.2, 0.25) is 5.04 Å². The van der Waals surface area contributed by atoms with Gasteiger partial charge >= 0.3 is 5.97 Å². The molecular formula is C33H48O6Si. The number of aliphatic hydroxyl groups is 1. The quantitative estimate of drug-likeness (QED) is 0.231. The topological polar surface area (TPSA) is 74.2 Å². The Bertz CT molecular complexity index is 1050. The van der Waals surface area contributed by atoms with Crippen LogP contribution in [0.4, 0.5) is 0 Å². The Balaban J connectivity index is 1.69. The van der Waals surface area contributed by atoms with Crippen molar-refractivity contribution in [2.45, 2.75) is 116 Å². The standard InChI is InChI=1S/C33H48O6Si/c1-24(17-15-16-22-30(35)38-32(3,4)5)36-31-28(34)23-29(25(2)37-31)39-40(33(6,7)8,26-18-11-9-12-19-26)27-20-13-10-14-21-27/h9-14,16,18-22,24-25,28-29,31,34H,15,17,23H2,1-8H3/b22-16+/t24-,25+,28-,29-,31-/m1/s1. The third-order valence-corrected chi connectivity index (χ3v) is 12.2. The maximum absolute atomic E-state index is 11.9. The molecule has 1 aliphatic rings. The van der Waals surface area contributed by atoms with E-state index in [2.05, 4.69) is 69.3 Å². The zero-order valence-corrected chi connectivity index (χ0v) is 26.4. The van der Waals surface area contributed by atoms with Crippen LogP contribution < -0.4 is 10.4 Å². The van der Waals surface area contributed by atoms with Gasteiger partial charge in [0.15, 0.2) is 6.29 Å². The van der Waals surface area contributed by atoms with Gasteiger partial charge in [-0.05, 0) is 62.9 Å². The molecule has 1 fully saturated rings. The number of allylic oxidation sites excluding steroid dienone is 1. The molecule has 0 amide bonds. The van der Waals surface area contributed by atoms with E-state index in [1.807, 2.05) is 46.8 Å². The van der Waals surface area contributed by atoms with Gasteiger partial charge in [0.1, 0.15) is 11.7 Å². The first-order valence-electron chi connectivity index (χ1n) is 14.4. The van der Waals surface area contributed by atoms with Gasteiger partial charge in [-0.15, -0.1) is 0 Å². The average molecular weight is 569 g/mol. The number of hydrogen-bond acceptors (Lipinski definition) is 6. The molecule has 0 radical (unpaired) electrons. The number of benzene rings is 2. The van der Waals surface area contributed by atoms with Gasteiger partial charge in [0.2, 0.25) is 0 Å². The van der Waals surface area contributed by atoms with Crippen molar-refractivity contribution in [3.63, 3.8) is 0 Å². The number of carbonyl (C=O) groups excluding carboxylic acids is 1. The molecule has 2 aromatic rings. The lowest BCUT2D eigenvalue weighted by molar-refractivity contribution is -0.271. The summed E-state index contributed by atoms with van der Waals surface area (Å²) in [6, 6.07) is 21.0. The van der Waals surface area contributed by atoms with Crippen molar-refractivity contribution < 1.29 is 28.5 Å². The molecule has 220 valence electrons. The van der Waals surface area contributed by atoms with Crippen molar-refractivity contribution in [2.75, 3.05) is 0 Å². The molecule has 7 heteroatoms.